The highest BCUT2D eigenvalue weighted by Crippen LogP contribution is 2.60. The van der Waals surface area contributed by atoms with Crippen molar-refractivity contribution in [2.24, 2.45) is 0 Å². The zero-order valence-electron chi connectivity index (χ0n) is 23.5. The van der Waals surface area contributed by atoms with Gasteiger partial charge in [-0.3, -0.25) is 14.3 Å². The molecule has 1 aliphatic rings. The number of imidazole rings is 2. The molecular weight excluding hydrogens is 668 g/mol. The van der Waals surface area contributed by atoms with Gasteiger partial charge in [0.2, 0.25) is 18.5 Å². The number of halogens is 1. The van der Waals surface area contributed by atoms with Gasteiger partial charge in [-0.2, -0.15) is 13.9 Å². The monoisotopic (exact) mass is 694 g/mol. The number of phosphoric acid groups is 1. The highest BCUT2D eigenvalue weighted by molar-refractivity contribution is 7.63. The van der Waals surface area contributed by atoms with E-state index in [1.165, 1.54) is 15.5 Å². The molecule has 17 nitrogen and oxygen atoms in total. The number of aliphatic hydroxyl groups is 2. The number of ether oxygens (including phenoxy) is 1. The van der Waals surface area contributed by atoms with Crippen molar-refractivity contribution >= 4 is 44.3 Å². The maximum absolute atomic E-state index is 13.0. The third-order valence-corrected chi connectivity index (χ3v) is 10.5. The standard InChI is InChI=1S/C26H26ClN7O10P2/c27-18-10-15(6-7-17(18)16-4-2-1-3-5-16)11-32-14-34(23-20(32)24(37)31-26(28)30-23)25-22(36)21(35)19(43-25)12-42-46(40,41)44-45(38,39)33-9-8-29-13-33/h1-10,13-14,19,21-22,25,35-36H,11-12H2,(H4-,28,30,31,37,38,39,40,41)/p+1/t19?,21-,22-,25?/m0/s1. The Morgan fingerprint density at radius 3 is 2.59 bits per heavy atom. The van der Waals surface area contributed by atoms with Crippen LogP contribution in [-0.4, -0.2) is 68.8 Å². The van der Waals surface area contributed by atoms with Gasteiger partial charge in [0.15, 0.2) is 0 Å². The molecule has 3 aromatic heterocycles. The lowest BCUT2D eigenvalue weighted by molar-refractivity contribution is -0.664. The Hall–Kier alpha value is -3.73. The fourth-order valence-electron chi connectivity index (χ4n) is 5.05. The van der Waals surface area contributed by atoms with Crippen LogP contribution in [0.5, 0.6) is 0 Å². The van der Waals surface area contributed by atoms with Crippen LogP contribution in [0.4, 0.5) is 5.95 Å². The summed E-state index contributed by atoms with van der Waals surface area (Å²) in [5.41, 5.74) is 7.76. The summed E-state index contributed by atoms with van der Waals surface area (Å²) in [6, 6.07) is 15.0. The van der Waals surface area contributed by atoms with Crippen LogP contribution in [0.1, 0.15) is 11.8 Å². The number of benzene rings is 2. The minimum absolute atomic E-state index is 0.00350. The average Bonchev–Trinajstić information content (AvgIpc) is 3.72. The number of nitrogens with one attached hydrogen (secondary N) is 1. The van der Waals surface area contributed by atoms with Crippen molar-refractivity contribution in [3.05, 3.63) is 94.5 Å². The molecule has 242 valence electrons. The molecule has 4 unspecified atom stereocenters. The Kier molecular flexibility index (Phi) is 8.73. The van der Waals surface area contributed by atoms with Crippen LogP contribution in [0.15, 0.2) is 78.4 Å². The number of nitrogens with zero attached hydrogens (tertiary/aromatic N) is 5. The van der Waals surface area contributed by atoms with Crippen LogP contribution < -0.4 is 15.9 Å². The number of aromatic amines is 1. The summed E-state index contributed by atoms with van der Waals surface area (Å²) in [6.45, 7) is -0.706. The van der Waals surface area contributed by atoms with E-state index in [0.717, 1.165) is 35.4 Å². The van der Waals surface area contributed by atoms with Crippen LogP contribution >= 0.6 is 27.2 Å². The van der Waals surface area contributed by atoms with E-state index < -0.39 is 52.3 Å². The molecule has 0 amide bonds. The summed E-state index contributed by atoms with van der Waals surface area (Å²) in [6.07, 6.45) is -1.59. The average molecular weight is 695 g/mol. The molecule has 0 saturated carbocycles. The summed E-state index contributed by atoms with van der Waals surface area (Å²) in [5.74, 6) is -0.225. The molecule has 0 spiro atoms. The van der Waals surface area contributed by atoms with Gasteiger partial charge < -0.3 is 30.5 Å². The Morgan fingerprint density at radius 2 is 1.89 bits per heavy atom. The van der Waals surface area contributed by atoms with Gasteiger partial charge in [-0.1, -0.05) is 54.1 Å². The molecule has 4 heterocycles. The van der Waals surface area contributed by atoms with Crippen LogP contribution in [-0.2, 0) is 29.2 Å². The van der Waals surface area contributed by atoms with Gasteiger partial charge in [-0.15, -0.1) is 0 Å². The van der Waals surface area contributed by atoms with Gasteiger partial charge in [-0.25, -0.2) is 23.0 Å². The number of nitrogens with two attached hydrogens (primary N) is 1. The normalized spacial score (nSPS) is 22.5. The van der Waals surface area contributed by atoms with E-state index in [-0.39, 0.29) is 23.7 Å². The van der Waals surface area contributed by atoms with E-state index >= 15 is 0 Å². The predicted molar refractivity (Wildman–Crippen MR) is 161 cm³/mol. The molecule has 2 aromatic carbocycles. The number of hydrogen-bond donors (Lipinski definition) is 6. The van der Waals surface area contributed by atoms with Crippen LogP contribution in [0.2, 0.25) is 5.02 Å². The van der Waals surface area contributed by atoms with Crippen molar-refractivity contribution in [3.8, 4) is 11.1 Å². The molecule has 46 heavy (non-hydrogen) atoms. The number of aromatic nitrogens is 6. The molecule has 0 aliphatic carbocycles. The lowest BCUT2D eigenvalue weighted by Gasteiger charge is -2.19. The molecule has 0 radical (unpaired) electrons. The summed E-state index contributed by atoms with van der Waals surface area (Å²) < 4.78 is 43.2. The van der Waals surface area contributed by atoms with Gasteiger partial charge >= 0.3 is 21.1 Å². The van der Waals surface area contributed by atoms with Crippen LogP contribution in [0, 0.1) is 0 Å². The third kappa shape index (κ3) is 6.43. The Morgan fingerprint density at radius 1 is 1.13 bits per heavy atom. The van der Waals surface area contributed by atoms with Crippen molar-refractivity contribution in [3.63, 3.8) is 0 Å². The first kappa shape index (κ1) is 32.2. The van der Waals surface area contributed by atoms with E-state index in [9.17, 15) is 33.9 Å². The van der Waals surface area contributed by atoms with E-state index in [4.69, 9.17) is 26.6 Å². The van der Waals surface area contributed by atoms with Crippen molar-refractivity contribution < 1.29 is 47.3 Å². The lowest BCUT2D eigenvalue weighted by atomic mass is 10.0. The smallest absolute Gasteiger partial charge is 0.387 e. The third-order valence-electron chi connectivity index (χ3n) is 7.17. The molecular formula is C26H27ClN7O10P2+. The van der Waals surface area contributed by atoms with E-state index in [1.807, 2.05) is 42.5 Å². The summed E-state index contributed by atoms with van der Waals surface area (Å²) >= 11 is 6.60. The van der Waals surface area contributed by atoms with Gasteiger partial charge in [-0.05, 0) is 17.2 Å². The first-order chi connectivity index (χ1) is 21.8. The van der Waals surface area contributed by atoms with Gasteiger partial charge in [0.25, 0.3) is 11.2 Å². The second-order valence-corrected chi connectivity index (χ2v) is 14.0. The number of aliphatic hydroxyl groups excluding tert-OH is 2. The zero-order valence-corrected chi connectivity index (χ0v) is 26.0. The summed E-state index contributed by atoms with van der Waals surface area (Å²) in [4.78, 5) is 43.3. The zero-order chi connectivity index (χ0) is 32.8. The van der Waals surface area contributed by atoms with Gasteiger partial charge in [0.1, 0.15) is 31.2 Å². The van der Waals surface area contributed by atoms with Crippen LogP contribution in [0.25, 0.3) is 22.3 Å². The number of H-pyrrole nitrogens is 1. The first-order valence-electron chi connectivity index (χ1n) is 13.5. The largest absolute Gasteiger partial charge is 0.480 e. The Balaban J connectivity index is 1.25. The quantitative estimate of drug-likeness (QED) is 0.0899. The van der Waals surface area contributed by atoms with Crippen LogP contribution in [0.3, 0.4) is 0 Å². The number of anilines is 1. The molecule has 5 aromatic rings. The highest BCUT2D eigenvalue weighted by atomic mass is 35.5. The first-order valence-corrected chi connectivity index (χ1v) is 16.9. The molecule has 6 atom stereocenters. The molecule has 20 heteroatoms. The fraction of sp³-hybridized carbons (Fsp3) is 0.231. The second kappa shape index (κ2) is 12.5. The number of hydrogen-bond acceptors (Lipinski definition) is 11. The lowest BCUT2D eigenvalue weighted by Crippen LogP contribution is -2.37. The molecule has 1 saturated heterocycles. The van der Waals surface area contributed by atoms with Crippen molar-refractivity contribution in [1.82, 2.24) is 23.9 Å². The Labute approximate surface area is 264 Å². The van der Waals surface area contributed by atoms with Gasteiger partial charge in [0.05, 0.1) is 6.61 Å². The minimum Gasteiger partial charge on any atom is -0.387 e. The summed E-state index contributed by atoms with van der Waals surface area (Å²) in [5, 5.41) is 22.1. The maximum atomic E-state index is 13.0. The molecule has 6 rings (SSSR count). The minimum atomic E-state index is -5.19. The highest BCUT2D eigenvalue weighted by Gasteiger charge is 2.49. The van der Waals surface area contributed by atoms with Gasteiger partial charge in [0, 0.05) is 23.0 Å². The molecule has 1 fully saturated rings. The van der Waals surface area contributed by atoms with E-state index in [2.05, 4.69) is 19.3 Å². The van der Waals surface area contributed by atoms with E-state index in [0.29, 0.717) is 9.36 Å². The number of rotatable bonds is 10. The SMILES string of the molecule is Nc1nc2c(c(=O)[nH]1)[n+](Cc1ccc(-c3ccccc3)c(Cl)c1)cn2C1OC(COP(=O)(O)OP(=O)(O)n2ccnc2)[C@H](O)[C@@H]1O. The second-order valence-electron chi connectivity index (χ2n) is 10.3. The van der Waals surface area contributed by atoms with Crippen molar-refractivity contribution in [2.45, 2.75) is 31.1 Å². The van der Waals surface area contributed by atoms with Crippen molar-refractivity contribution in [1.29, 1.82) is 0 Å². The molecule has 0 bridgehead atoms. The Bertz CT molecular complexity index is 2040. The number of fused-ring (bicyclic) bond motifs is 1. The molecule has 1 aliphatic heterocycles. The van der Waals surface area contributed by atoms with E-state index in [1.54, 1.807) is 6.07 Å². The predicted octanol–water partition coefficient (Wildman–Crippen LogP) is 1.56. The number of nitrogen functional groups attached to an aromatic ring is 1. The summed E-state index contributed by atoms with van der Waals surface area (Å²) in [7, 11) is -10.0. The van der Waals surface area contributed by atoms with Crippen molar-refractivity contribution in [2.75, 3.05) is 12.3 Å². The number of phosphoric ester groups is 1. The molecule has 7 N–H and O–H groups in total. The topological polar surface area (TPSA) is 241 Å². The fourth-order valence-corrected chi connectivity index (χ4v) is 7.72. The maximum Gasteiger partial charge on any atom is 0.480 e.